The summed E-state index contributed by atoms with van der Waals surface area (Å²) in [6.45, 7) is 3.19. The zero-order valence-corrected chi connectivity index (χ0v) is 14.3. The van der Waals surface area contributed by atoms with Crippen LogP contribution in [0.25, 0.3) is 0 Å². The number of hydrogen-bond acceptors (Lipinski definition) is 4. The largest absolute Gasteiger partial charge is 0.490 e. The van der Waals surface area contributed by atoms with Crippen LogP contribution in [0.1, 0.15) is 24.0 Å². The van der Waals surface area contributed by atoms with Crippen LogP contribution in [-0.2, 0) is 17.9 Å². The van der Waals surface area contributed by atoms with Crippen molar-refractivity contribution in [1.29, 1.82) is 0 Å². The average Bonchev–Trinajstić information content (AvgIpc) is 2.90. The van der Waals surface area contributed by atoms with Crippen molar-refractivity contribution in [2.24, 2.45) is 0 Å². The van der Waals surface area contributed by atoms with E-state index in [0.29, 0.717) is 39.3 Å². The second kappa shape index (κ2) is 9.08. The van der Waals surface area contributed by atoms with Gasteiger partial charge in [0, 0.05) is 38.0 Å². The van der Waals surface area contributed by atoms with E-state index in [0.717, 1.165) is 29.0 Å². The lowest BCUT2D eigenvalue weighted by Gasteiger charge is -2.13. The number of carbonyl (C=O) groups excluding carboxylic acids is 1. The number of nitrogens with one attached hydrogen (secondary N) is 2. The summed E-state index contributed by atoms with van der Waals surface area (Å²) < 4.78 is 11.5. The van der Waals surface area contributed by atoms with Gasteiger partial charge < -0.3 is 20.1 Å². The van der Waals surface area contributed by atoms with Crippen LogP contribution in [0, 0.1) is 0 Å². The molecule has 0 saturated heterocycles. The predicted octanol–water partition coefficient (Wildman–Crippen LogP) is 2.64. The summed E-state index contributed by atoms with van der Waals surface area (Å²) in [5.74, 6) is 1.67. The van der Waals surface area contributed by atoms with E-state index in [4.69, 9.17) is 9.47 Å². The lowest BCUT2D eigenvalue weighted by atomic mass is 10.2. The lowest BCUT2D eigenvalue weighted by Crippen LogP contribution is -2.27. The van der Waals surface area contributed by atoms with Crippen LogP contribution in [0.3, 0.4) is 0 Å². The Balaban J connectivity index is 1.40. The number of benzene rings is 2. The molecule has 0 atom stereocenters. The van der Waals surface area contributed by atoms with E-state index in [2.05, 4.69) is 10.6 Å². The zero-order valence-electron chi connectivity index (χ0n) is 14.3. The highest BCUT2D eigenvalue weighted by molar-refractivity contribution is 5.76. The number of rotatable bonds is 7. The Morgan fingerprint density at radius 3 is 2.68 bits per heavy atom. The van der Waals surface area contributed by atoms with Crippen molar-refractivity contribution in [1.82, 2.24) is 10.6 Å². The van der Waals surface area contributed by atoms with Gasteiger partial charge in [-0.05, 0) is 11.6 Å². The smallest absolute Gasteiger partial charge is 0.221 e. The van der Waals surface area contributed by atoms with Gasteiger partial charge >= 0.3 is 0 Å². The number of fused-ring (bicyclic) bond motifs is 1. The second-order valence-electron chi connectivity index (χ2n) is 5.98. The van der Waals surface area contributed by atoms with Crippen molar-refractivity contribution in [2.45, 2.75) is 25.9 Å². The molecule has 5 heteroatoms. The summed E-state index contributed by atoms with van der Waals surface area (Å²) in [7, 11) is 0. The zero-order chi connectivity index (χ0) is 17.3. The third-order valence-electron chi connectivity index (χ3n) is 4.03. The number of ether oxygens (including phenoxy) is 2. The minimum Gasteiger partial charge on any atom is -0.490 e. The van der Waals surface area contributed by atoms with Gasteiger partial charge in [-0.2, -0.15) is 0 Å². The molecule has 1 heterocycles. The number of hydrogen-bond donors (Lipinski definition) is 2. The maximum absolute atomic E-state index is 11.9. The van der Waals surface area contributed by atoms with E-state index in [1.54, 1.807) is 0 Å². The summed E-state index contributed by atoms with van der Waals surface area (Å²) in [5, 5.41) is 6.24. The molecule has 132 valence electrons. The van der Waals surface area contributed by atoms with Crippen molar-refractivity contribution in [3.8, 4) is 11.5 Å². The van der Waals surface area contributed by atoms with E-state index in [1.165, 1.54) is 0 Å². The van der Waals surface area contributed by atoms with Gasteiger partial charge in [-0.3, -0.25) is 4.79 Å². The molecule has 0 bridgehead atoms. The molecule has 0 fully saturated rings. The van der Waals surface area contributed by atoms with Gasteiger partial charge in [-0.1, -0.05) is 42.5 Å². The van der Waals surface area contributed by atoms with Gasteiger partial charge in [0.1, 0.15) is 0 Å². The van der Waals surface area contributed by atoms with Crippen LogP contribution in [0.4, 0.5) is 0 Å². The summed E-state index contributed by atoms with van der Waals surface area (Å²) in [5.41, 5.74) is 2.16. The Hall–Kier alpha value is -2.53. The molecule has 2 N–H and O–H groups in total. The fraction of sp³-hybridized carbons (Fsp3) is 0.350. The summed E-state index contributed by atoms with van der Waals surface area (Å²) in [4.78, 5) is 11.9. The van der Waals surface area contributed by atoms with Gasteiger partial charge in [0.25, 0.3) is 0 Å². The molecule has 0 spiro atoms. The Morgan fingerprint density at radius 2 is 1.80 bits per heavy atom. The van der Waals surface area contributed by atoms with Crippen molar-refractivity contribution in [2.75, 3.05) is 19.8 Å². The molecule has 0 aliphatic carbocycles. The highest BCUT2D eigenvalue weighted by Gasteiger charge is 2.14. The molecule has 2 aromatic rings. The van der Waals surface area contributed by atoms with Crippen LogP contribution in [-0.4, -0.2) is 25.7 Å². The third kappa shape index (κ3) is 5.22. The number of amides is 1. The van der Waals surface area contributed by atoms with E-state index in [9.17, 15) is 4.79 Å². The molecule has 0 aromatic heterocycles. The molecular weight excluding hydrogens is 316 g/mol. The summed E-state index contributed by atoms with van der Waals surface area (Å²) in [6.07, 6.45) is 1.34. The Bertz CT molecular complexity index is 689. The first-order valence-corrected chi connectivity index (χ1v) is 8.72. The molecule has 5 nitrogen and oxygen atoms in total. The van der Waals surface area contributed by atoms with Gasteiger partial charge in [-0.15, -0.1) is 0 Å². The highest BCUT2D eigenvalue weighted by atomic mass is 16.5. The molecule has 0 saturated carbocycles. The van der Waals surface area contributed by atoms with Crippen molar-refractivity contribution in [3.63, 3.8) is 0 Å². The van der Waals surface area contributed by atoms with Crippen LogP contribution in [0.5, 0.6) is 11.5 Å². The second-order valence-corrected chi connectivity index (χ2v) is 5.98. The van der Waals surface area contributed by atoms with Crippen LogP contribution in [0.2, 0.25) is 0 Å². The van der Waals surface area contributed by atoms with Gasteiger partial charge in [0.05, 0.1) is 13.2 Å². The van der Waals surface area contributed by atoms with Crippen LogP contribution >= 0.6 is 0 Å². The fourth-order valence-corrected chi connectivity index (χ4v) is 2.70. The van der Waals surface area contributed by atoms with Gasteiger partial charge in [0.2, 0.25) is 5.91 Å². The molecule has 1 amide bonds. The molecule has 0 unspecified atom stereocenters. The first-order valence-electron chi connectivity index (χ1n) is 8.72. The Labute approximate surface area is 148 Å². The Kier molecular flexibility index (Phi) is 6.29. The van der Waals surface area contributed by atoms with E-state index < -0.39 is 0 Å². The fourth-order valence-electron chi connectivity index (χ4n) is 2.70. The average molecular weight is 340 g/mol. The molecule has 0 radical (unpaired) electrons. The minimum absolute atomic E-state index is 0.0443. The normalized spacial score (nSPS) is 13.1. The van der Waals surface area contributed by atoms with Crippen LogP contribution in [0.15, 0.2) is 48.5 Å². The molecule has 2 aromatic carbocycles. The van der Waals surface area contributed by atoms with Crippen LogP contribution < -0.4 is 20.1 Å². The SMILES string of the molecule is O=C(CCNCc1cccc2c1OCCCO2)NCc1ccccc1. The molecule has 3 rings (SSSR count). The molecule has 1 aliphatic heterocycles. The summed E-state index contributed by atoms with van der Waals surface area (Å²) >= 11 is 0. The molecule has 25 heavy (non-hydrogen) atoms. The van der Waals surface area contributed by atoms with Gasteiger partial charge in [-0.25, -0.2) is 0 Å². The predicted molar refractivity (Wildman–Crippen MR) is 96.7 cm³/mol. The van der Waals surface area contributed by atoms with Crippen molar-refractivity contribution >= 4 is 5.91 Å². The van der Waals surface area contributed by atoms with E-state index >= 15 is 0 Å². The standard InChI is InChI=1S/C20H24N2O3/c23-19(22-14-16-6-2-1-3-7-16)10-11-21-15-17-8-4-9-18-20(17)25-13-5-12-24-18/h1-4,6-9,21H,5,10-15H2,(H,22,23). The highest BCUT2D eigenvalue weighted by Crippen LogP contribution is 2.33. The molecular formula is C20H24N2O3. The third-order valence-corrected chi connectivity index (χ3v) is 4.03. The maximum Gasteiger partial charge on any atom is 0.221 e. The first-order chi connectivity index (χ1) is 12.3. The Morgan fingerprint density at radius 1 is 0.960 bits per heavy atom. The molecule has 1 aliphatic rings. The number of carbonyl (C=O) groups is 1. The number of para-hydroxylation sites is 1. The quantitative estimate of drug-likeness (QED) is 0.761. The van der Waals surface area contributed by atoms with Crippen molar-refractivity contribution < 1.29 is 14.3 Å². The summed E-state index contributed by atoms with van der Waals surface area (Å²) in [6, 6.07) is 15.8. The lowest BCUT2D eigenvalue weighted by molar-refractivity contribution is -0.121. The van der Waals surface area contributed by atoms with Gasteiger partial charge in [0.15, 0.2) is 11.5 Å². The topological polar surface area (TPSA) is 59.6 Å². The van der Waals surface area contributed by atoms with Crippen molar-refractivity contribution in [3.05, 3.63) is 59.7 Å². The van der Waals surface area contributed by atoms with E-state index in [-0.39, 0.29) is 5.91 Å². The first kappa shape index (κ1) is 17.3. The van der Waals surface area contributed by atoms with E-state index in [1.807, 2.05) is 48.5 Å². The maximum atomic E-state index is 11.9. The minimum atomic E-state index is 0.0443. The monoisotopic (exact) mass is 340 g/mol.